The Morgan fingerprint density at radius 2 is 1.60 bits per heavy atom. The maximum Gasteiger partial charge on any atom is 0.249 e. The van der Waals surface area contributed by atoms with E-state index in [1.165, 1.54) is 6.21 Å². The van der Waals surface area contributed by atoms with Gasteiger partial charge < -0.3 is 10.1 Å². The molecule has 0 heterocycles. The third-order valence-electron chi connectivity index (χ3n) is 4.00. The summed E-state index contributed by atoms with van der Waals surface area (Å²) in [5.41, 5.74) is 4.66. The Morgan fingerprint density at radius 1 is 0.900 bits per heavy atom. The molecule has 0 aliphatic rings. The van der Waals surface area contributed by atoms with Crippen molar-refractivity contribution in [3.63, 3.8) is 0 Å². The second-order valence-corrected chi connectivity index (χ2v) is 6.77. The summed E-state index contributed by atoms with van der Waals surface area (Å²) >= 11 is 5.89. The van der Waals surface area contributed by atoms with Gasteiger partial charge in [-0.1, -0.05) is 54.1 Å². The highest BCUT2D eigenvalue weighted by atomic mass is 35.5. The number of hydrogen-bond donors (Lipinski definition) is 2. The summed E-state index contributed by atoms with van der Waals surface area (Å²) in [6, 6.07) is 23.6. The monoisotopic (exact) mass is 421 g/mol. The van der Waals surface area contributed by atoms with Crippen LogP contribution < -0.4 is 15.5 Å². The first kappa shape index (κ1) is 21.1. The van der Waals surface area contributed by atoms with Crippen LogP contribution in [0.2, 0.25) is 5.02 Å². The molecule has 3 aromatic carbocycles. The minimum Gasteiger partial charge on any atom is -0.488 e. The molecular formula is C23H20ClN3O3. The minimum atomic E-state index is -0.515. The lowest BCUT2D eigenvalue weighted by Crippen LogP contribution is -2.24. The van der Waals surface area contributed by atoms with Crippen molar-refractivity contribution >= 4 is 35.3 Å². The fourth-order valence-electron chi connectivity index (χ4n) is 2.55. The number of rotatable bonds is 8. The summed E-state index contributed by atoms with van der Waals surface area (Å²) in [6.07, 6.45) is 1.14. The van der Waals surface area contributed by atoms with E-state index in [0.717, 1.165) is 5.56 Å². The number of anilines is 1. The third kappa shape index (κ3) is 6.76. The number of para-hydroxylation sites is 2. The van der Waals surface area contributed by atoms with Crippen LogP contribution in [0.5, 0.6) is 5.75 Å². The highest BCUT2D eigenvalue weighted by Crippen LogP contribution is 2.18. The van der Waals surface area contributed by atoms with Crippen LogP contribution in [0.15, 0.2) is 84.0 Å². The Labute approximate surface area is 179 Å². The van der Waals surface area contributed by atoms with Gasteiger partial charge in [-0.15, -0.1) is 0 Å². The van der Waals surface area contributed by atoms with E-state index in [4.69, 9.17) is 16.3 Å². The first-order valence-corrected chi connectivity index (χ1v) is 9.61. The molecule has 0 aliphatic heterocycles. The second kappa shape index (κ2) is 10.8. The van der Waals surface area contributed by atoms with Gasteiger partial charge in [-0.05, 0) is 42.0 Å². The molecule has 0 radical (unpaired) electrons. The van der Waals surface area contributed by atoms with Gasteiger partial charge in [-0.25, -0.2) is 5.43 Å². The van der Waals surface area contributed by atoms with Gasteiger partial charge in [-0.3, -0.25) is 9.59 Å². The lowest BCUT2D eigenvalue weighted by atomic mass is 10.2. The van der Waals surface area contributed by atoms with E-state index in [9.17, 15) is 9.59 Å². The van der Waals surface area contributed by atoms with Crippen molar-refractivity contribution in [2.24, 2.45) is 5.10 Å². The van der Waals surface area contributed by atoms with Gasteiger partial charge in [0.1, 0.15) is 18.8 Å². The van der Waals surface area contributed by atoms with E-state index in [2.05, 4.69) is 15.8 Å². The topological polar surface area (TPSA) is 79.8 Å². The summed E-state index contributed by atoms with van der Waals surface area (Å²) in [6.45, 7) is 0.369. The molecule has 3 aromatic rings. The maximum atomic E-state index is 11.9. The molecule has 30 heavy (non-hydrogen) atoms. The molecule has 3 rings (SSSR count). The molecule has 0 saturated carbocycles. The van der Waals surface area contributed by atoms with Gasteiger partial charge in [0.05, 0.1) is 6.21 Å². The first-order chi connectivity index (χ1) is 14.6. The van der Waals surface area contributed by atoms with Gasteiger partial charge in [0.15, 0.2) is 0 Å². The SMILES string of the molecule is O=C(CC(=O)Nc1ccccc1)NN=Cc1ccccc1OCc1ccc(Cl)cc1. The van der Waals surface area contributed by atoms with E-state index in [0.29, 0.717) is 28.6 Å². The Bertz CT molecular complexity index is 1020. The highest BCUT2D eigenvalue weighted by Gasteiger charge is 2.09. The van der Waals surface area contributed by atoms with Crippen LogP contribution in [-0.4, -0.2) is 18.0 Å². The maximum absolute atomic E-state index is 11.9. The molecule has 0 atom stereocenters. The molecular weight excluding hydrogens is 402 g/mol. The molecule has 0 bridgehead atoms. The average molecular weight is 422 g/mol. The molecule has 0 aliphatic carbocycles. The largest absolute Gasteiger partial charge is 0.488 e. The lowest BCUT2D eigenvalue weighted by molar-refractivity contribution is -0.126. The highest BCUT2D eigenvalue weighted by molar-refractivity contribution is 6.30. The van der Waals surface area contributed by atoms with Crippen LogP contribution in [0.3, 0.4) is 0 Å². The number of halogens is 1. The van der Waals surface area contributed by atoms with Crippen molar-refractivity contribution < 1.29 is 14.3 Å². The molecule has 2 amide bonds. The van der Waals surface area contributed by atoms with Crippen molar-refractivity contribution in [2.75, 3.05) is 5.32 Å². The van der Waals surface area contributed by atoms with E-state index in [1.807, 2.05) is 42.5 Å². The average Bonchev–Trinajstić information content (AvgIpc) is 2.75. The number of hydrogen-bond acceptors (Lipinski definition) is 4. The van der Waals surface area contributed by atoms with Gasteiger partial charge in [-0.2, -0.15) is 5.10 Å². The number of benzene rings is 3. The Hall–Kier alpha value is -3.64. The van der Waals surface area contributed by atoms with Gasteiger partial charge in [0.25, 0.3) is 0 Å². The van der Waals surface area contributed by atoms with Crippen LogP contribution in [0.1, 0.15) is 17.5 Å². The molecule has 7 heteroatoms. The lowest BCUT2D eigenvalue weighted by Gasteiger charge is -2.09. The summed E-state index contributed by atoms with van der Waals surface area (Å²) in [5, 5.41) is 7.24. The Kier molecular flexibility index (Phi) is 7.58. The van der Waals surface area contributed by atoms with E-state index in [-0.39, 0.29) is 6.42 Å². The number of hydrazone groups is 1. The molecule has 0 saturated heterocycles. The van der Waals surface area contributed by atoms with Crippen LogP contribution in [0, 0.1) is 0 Å². The minimum absolute atomic E-state index is 0.332. The molecule has 0 aromatic heterocycles. The smallest absolute Gasteiger partial charge is 0.249 e. The standard InChI is InChI=1S/C23H20ClN3O3/c24-19-12-10-17(11-13-19)16-30-21-9-5-4-6-18(21)15-25-27-23(29)14-22(28)26-20-7-2-1-3-8-20/h1-13,15H,14,16H2,(H,26,28)(H,27,29). The van der Waals surface area contributed by atoms with Crippen molar-refractivity contribution in [2.45, 2.75) is 13.0 Å². The fraction of sp³-hybridized carbons (Fsp3) is 0.0870. The van der Waals surface area contributed by atoms with E-state index in [1.54, 1.807) is 36.4 Å². The van der Waals surface area contributed by atoms with Crippen molar-refractivity contribution in [1.82, 2.24) is 5.43 Å². The summed E-state index contributed by atoms with van der Waals surface area (Å²) in [7, 11) is 0. The molecule has 0 unspecified atom stereocenters. The van der Waals surface area contributed by atoms with Crippen molar-refractivity contribution in [3.8, 4) is 5.75 Å². The van der Waals surface area contributed by atoms with Crippen LogP contribution in [0.4, 0.5) is 5.69 Å². The summed E-state index contributed by atoms with van der Waals surface area (Å²) < 4.78 is 5.84. The van der Waals surface area contributed by atoms with Gasteiger partial charge in [0.2, 0.25) is 11.8 Å². The second-order valence-electron chi connectivity index (χ2n) is 6.34. The number of carbonyl (C=O) groups is 2. The molecule has 6 nitrogen and oxygen atoms in total. The first-order valence-electron chi connectivity index (χ1n) is 9.23. The van der Waals surface area contributed by atoms with E-state index < -0.39 is 11.8 Å². The summed E-state index contributed by atoms with van der Waals surface area (Å²) in [4.78, 5) is 23.8. The van der Waals surface area contributed by atoms with Crippen molar-refractivity contribution in [1.29, 1.82) is 0 Å². The van der Waals surface area contributed by atoms with Crippen LogP contribution >= 0.6 is 11.6 Å². The van der Waals surface area contributed by atoms with Crippen LogP contribution in [0.25, 0.3) is 0 Å². The zero-order chi connectivity index (χ0) is 21.2. The zero-order valence-corrected chi connectivity index (χ0v) is 16.8. The van der Waals surface area contributed by atoms with Gasteiger partial charge in [0, 0.05) is 16.3 Å². The predicted molar refractivity (Wildman–Crippen MR) is 118 cm³/mol. The molecule has 152 valence electrons. The molecule has 0 fully saturated rings. The Balaban J connectivity index is 1.51. The molecule has 2 N–H and O–H groups in total. The normalized spacial score (nSPS) is 10.6. The Morgan fingerprint density at radius 3 is 2.37 bits per heavy atom. The van der Waals surface area contributed by atoms with E-state index >= 15 is 0 Å². The molecule has 0 spiro atoms. The third-order valence-corrected chi connectivity index (χ3v) is 4.25. The predicted octanol–water partition coefficient (Wildman–Crippen LogP) is 4.40. The number of carbonyl (C=O) groups excluding carboxylic acids is 2. The number of nitrogens with zero attached hydrogens (tertiary/aromatic N) is 1. The van der Waals surface area contributed by atoms with Crippen LogP contribution in [-0.2, 0) is 16.2 Å². The quantitative estimate of drug-likeness (QED) is 0.321. The number of nitrogens with one attached hydrogen (secondary N) is 2. The number of ether oxygens (including phenoxy) is 1. The van der Waals surface area contributed by atoms with Crippen molar-refractivity contribution in [3.05, 3.63) is 95.0 Å². The number of amides is 2. The fourth-order valence-corrected chi connectivity index (χ4v) is 2.67. The summed E-state index contributed by atoms with van der Waals surface area (Å²) in [5.74, 6) is -0.313. The zero-order valence-electron chi connectivity index (χ0n) is 16.0. The van der Waals surface area contributed by atoms with Gasteiger partial charge >= 0.3 is 0 Å².